The number of piperidine rings is 1. The molecule has 0 spiro atoms. The van der Waals surface area contributed by atoms with Gasteiger partial charge in [0.2, 0.25) is 0 Å². The van der Waals surface area contributed by atoms with Crippen molar-refractivity contribution in [3.63, 3.8) is 0 Å². The highest BCUT2D eigenvalue weighted by molar-refractivity contribution is 6.10. The third-order valence-corrected chi connectivity index (χ3v) is 8.41. The van der Waals surface area contributed by atoms with Crippen molar-refractivity contribution >= 4 is 32.4 Å². The van der Waals surface area contributed by atoms with Crippen LogP contribution in [-0.2, 0) is 0 Å². The van der Waals surface area contributed by atoms with E-state index in [1.807, 2.05) is 24.4 Å². The van der Waals surface area contributed by atoms with E-state index in [9.17, 15) is 5.11 Å². The zero-order chi connectivity index (χ0) is 26.2. The van der Waals surface area contributed by atoms with Gasteiger partial charge in [0.25, 0.3) is 0 Å². The van der Waals surface area contributed by atoms with Crippen molar-refractivity contribution in [2.45, 2.75) is 32.4 Å². The number of hydrogen-bond donors (Lipinski definition) is 1. The molecule has 1 saturated heterocycles. The maximum Gasteiger partial charge on any atom is 0.140 e. The number of aromatic nitrogens is 1. The van der Waals surface area contributed by atoms with Gasteiger partial charge < -0.3 is 9.84 Å². The summed E-state index contributed by atoms with van der Waals surface area (Å²) in [4.78, 5) is 7.11. The Morgan fingerprint density at radius 2 is 1.74 bits per heavy atom. The molecule has 6 rings (SSSR count). The van der Waals surface area contributed by atoms with Crippen LogP contribution in [0.15, 0.2) is 97.7 Å². The van der Waals surface area contributed by atoms with Gasteiger partial charge in [0.15, 0.2) is 0 Å². The minimum Gasteiger partial charge on any atom is -0.508 e. The third kappa shape index (κ3) is 4.39. The van der Waals surface area contributed by atoms with Crippen LogP contribution in [0.1, 0.15) is 31.9 Å². The second-order valence-corrected chi connectivity index (χ2v) is 10.7. The van der Waals surface area contributed by atoms with Crippen LogP contribution in [0.2, 0.25) is 0 Å². The monoisotopic (exact) mass is 502 g/mol. The summed E-state index contributed by atoms with van der Waals surface area (Å²) in [7, 11) is 0. The fourth-order valence-electron chi connectivity index (χ4n) is 6.07. The molecular formula is C34H34N2O2. The number of phenolic OH excluding ortho intramolecular Hbond substituents is 1. The molecule has 4 heteroatoms. The van der Waals surface area contributed by atoms with Crippen molar-refractivity contribution in [1.82, 2.24) is 9.88 Å². The van der Waals surface area contributed by atoms with Crippen molar-refractivity contribution in [2.75, 3.05) is 13.1 Å². The summed E-state index contributed by atoms with van der Waals surface area (Å²) in [6.07, 6.45) is 4.81. The number of likely N-dealkylation sites (tertiary alicyclic amines) is 1. The molecule has 4 unspecified atom stereocenters. The fourth-order valence-corrected chi connectivity index (χ4v) is 6.07. The van der Waals surface area contributed by atoms with E-state index in [1.165, 1.54) is 10.8 Å². The molecule has 1 aliphatic heterocycles. The van der Waals surface area contributed by atoms with E-state index >= 15 is 0 Å². The number of ether oxygens (including phenoxy) is 1. The quantitative estimate of drug-likeness (QED) is 0.189. The van der Waals surface area contributed by atoms with Gasteiger partial charge in [0, 0.05) is 35.1 Å². The summed E-state index contributed by atoms with van der Waals surface area (Å²) in [5.74, 6) is 2.17. The average molecular weight is 503 g/mol. The summed E-state index contributed by atoms with van der Waals surface area (Å²) < 4.78 is 7.10. The first-order valence-corrected chi connectivity index (χ1v) is 13.5. The molecule has 2 heterocycles. The predicted octanol–water partition coefficient (Wildman–Crippen LogP) is 7.90. The number of nitrogens with zero attached hydrogens (tertiary/aromatic N) is 2. The highest BCUT2D eigenvalue weighted by atomic mass is 16.5. The molecule has 1 aromatic heterocycles. The van der Waals surface area contributed by atoms with Crippen molar-refractivity contribution in [3.05, 3.63) is 103 Å². The molecule has 0 radical (unpaired) electrons. The zero-order valence-corrected chi connectivity index (χ0v) is 22.0. The van der Waals surface area contributed by atoms with Crippen molar-refractivity contribution < 1.29 is 9.84 Å². The Kier molecular flexibility index (Phi) is 6.50. The highest BCUT2D eigenvalue weighted by Gasteiger charge is 2.33. The number of fused-ring (bicyclic) bond motifs is 4. The van der Waals surface area contributed by atoms with Crippen LogP contribution < -0.4 is 4.74 Å². The number of rotatable bonds is 6. The van der Waals surface area contributed by atoms with Crippen LogP contribution in [-0.4, -0.2) is 34.1 Å². The molecule has 0 saturated carbocycles. The SMILES string of the molecule is C=CC1CN(C(C)C(Oc2cc3ccccc3c3ccccc23)c2ccnc3ccc(O)cc23)CCC1C. The lowest BCUT2D eigenvalue weighted by Crippen LogP contribution is -2.47. The van der Waals surface area contributed by atoms with Crippen LogP contribution in [0.4, 0.5) is 0 Å². The highest BCUT2D eigenvalue weighted by Crippen LogP contribution is 2.40. The molecule has 1 fully saturated rings. The molecule has 0 bridgehead atoms. The fraction of sp³-hybridized carbons (Fsp3) is 0.265. The van der Waals surface area contributed by atoms with Gasteiger partial charge in [0.1, 0.15) is 17.6 Å². The Morgan fingerprint density at radius 1 is 0.974 bits per heavy atom. The van der Waals surface area contributed by atoms with Crippen LogP contribution in [0.25, 0.3) is 32.4 Å². The van der Waals surface area contributed by atoms with Gasteiger partial charge in [-0.05, 0) is 78.2 Å². The molecule has 4 atom stereocenters. The molecular weight excluding hydrogens is 468 g/mol. The second-order valence-electron chi connectivity index (χ2n) is 10.7. The van der Waals surface area contributed by atoms with Crippen molar-refractivity contribution in [1.29, 1.82) is 0 Å². The molecule has 5 aromatic rings. The number of phenols is 1. The van der Waals surface area contributed by atoms with E-state index in [0.29, 0.717) is 11.8 Å². The molecule has 192 valence electrons. The molecule has 0 amide bonds. The summed E-state index contributed by atoms with van der Waals surface area (Å²) >= 11 is 0. The van der Waals surface area contributed by atoms with Crippen LogP contribution >= 0.6 is 0 Å². The van der Waals surface area contributed by atoms with Gasteiger partial charge in [-0.3, -0.25) is 9.88 Å². The summed E-state index contributed by atoms with van der Waals surface area (Å²) in [5, 5.41) is 16.0. The minimum atomic E-state index is -0.272. The predicted molar refractivity (Wildman–Crippen MR) is 157 cm³/mol. The number of aromatic hydroxyl groups is 1. The zero-order valence-electron chi connectivity index (χ0n) is 22.0. The Morgan fingerprint density at radius 3 is 2.55 bits per heavy atom. The van der Waals surface area contributed by atoms with Crippen LogP contribution in [0.5, 0.6) is 11.5 Å². The normalized spacial score (nSPS) is 19.9. The van der Waals surface area contributed by atoms with Crippen molar-refractivity contribution in [3.8, 4) is 11.5 Å². The summed E-state index contributed by atoms with van der Waals surface area (Å²) in [5.41, 5.74) is 1.88. The lowest BCUT2D eigenvalue weighted by atomic mass is 9.85. The van der Waals surface area contributed by atoms with Crippen LogP contribution in [0, 0.1) is 11.8 Å². The largest absolute Gasteiger partial charge is 0.508 e. The first-order chi connectivity index (χ1) is 18.5. The van der Waals surface area contributed by atoms with Crippen molar-refractivity contribution in [2.24, 2.45) is 11.8 Å². The van der Waals surface area contributed by atoms with E-state index in [0.717, 1.165) is 52.5 Å². The van der Waals surface area contributed by atoms with E-state index in [4.69, 9.17) is 4.74 Å². The lowest BCUT2D eigenvalue weighted by Gasteiger charge is -2.42. The van der Waals surface area contributed by atoms with Gasteiger partial charge in [0.05, 0.1) is 5.52 Å². The van der Waals surface area contributed by atoms with Crippen LogP contribution in [0.3, 0.4) is 0 Å². The van der Waals surface area contributed by atoms with Gasteiger partial charge in [-0.15, -0.1) is 6.58 Å². The first-order valence-electron chi connectivity index (χ1n) is 13.5. The average Bonchev–Trinajstić information content (AvgIpc) is 2.95. The molecule has 4 aromatic carbocycles. The van der Waals surface area contributed by atoms with Gasteiger partial charge in [-0.1, -0.05) is 61.5 Å². The third-order valence-electron chi connectivity index (χ3n) is 8.41. The molecule has 0 aliphatic carbocycles. The Balaban J connectivity index is 1.50. The standard InChI is InChI=1S/C34H34N2O2/c1-4-24-21-36(18-16-22(24)2)23(3)34(30-15-17-35-32-14-13-26(37)20-31(30)32)38-33-19-25-9-5-6-10-27(25)28-11-7-8-12-29(28)33/h4-15,17,19-20,22-24,34,37H,1,16,18,21H2,2-3H3. The maximum atomic E-state index is 10.4. The minimum absolute atomic E-state index is 0.0862. The molecule has 1 aliphatic rings. The number of hydrogen-bond acceptors (Lipinski definition) is 4. The maximum absolute atomic E-state index is 10.4. The first kappa shape index (κ1) is 24.4. The Bertz CT molecular complexity index is 1630. The van der Waals surface area contributed by atoms with E-state index < -0.39 is 0 Å². The number of pyridine rings is 1. The Hall–Kier alpha value is -3.89. The van der Waals surface area contributed by atoms with Gasteiger partial charge >= 0.3 is 0 Å². The van der Waals surface area contributed by atoms with Gasteiger partial charge in [-0.25, -0.2) is 0 Å². The molecule has 4 nitrogen and oxygen atoms in total. The van der Waals surface area contributed by atoms with E-state index in [1.54, 1.807) is 6.07 Å². The second kappa shape index (κ2) is 10.1. The smallest absolute Gasteiger partial charge is 0.140 e. The molecule has 1 N–H and O–H groups in total. The summed E-state index contributed by atoms with van der Waals surface area (Å²) in [6, 6.07) is 26.6. The summed E-state index contributed by atoms with van der Waals surface area (Å²) in [6.45, 7) is 10.7. The lowest BCUT2D eigenvalue weighted by molar-refractivity contribution is 0.0412. The van der Waals surface area contributed by atoms with E-state index in [2.05, 4.69) is 91.0 Å². The van der Waals surface area contributed by atoms with Gasteiger partial charge in [-0.2, -0.15) is 0 Å². The number of benzene rings is 4. The Labute approximate surface area is 224 Å². The molecule has 38 heavy (non-hydrogen) atoms. The topological polar surface area (TPSA) is 45.6 Å². The van der Waals surface area contributed by atoms with E-state index in [-0.39, 0.29) is 17.9 Å².